The highest BCUT2D eigenvalue weighted by molar-refractivity contribution is 6.22. The van der Waals surface area contributed by atoms with Gasteiger partial charge in [-0.1, -0.05) is 0 Å². The molecule has 0 aliphatic rings. The van der Waals surface area contributed by atoms with Crippen LogP contribution in [-0.2, 0) is 0 Å². The second-order valence-corrected chi connectivity index (χ2v) is 2.94. The van der Waals surface area contributed by atoms with Crippen molar-refractivity contribution in [1.29, 1.82) is 5.26 Å². The van der Waals surface area contributed by atoms with Gasteiger partial charge in [-0.15, -0.1) is 11.6 Å². The predicted molar refractivity (Wildman–Crippen MR) is 38.8 cm³/mol. The molecule has 0 aliphatic heterocycles. The van der Waals surface area contributed by atoms with Gasteiger partial charge in [0.05, 0.1) is 12.6 Å². The van der Waals surface area contributed by atoms with E-state index in [0.717, 1.165) is 4.90 Å². The molecule has 1 atom stereocenters. The number of hydrogen-bond acceptors (Lipinski definition) is 2. The molecule has 0 amide bonds. The first-order valence-corrected chi connectivity index (χ1v) is 3.58. The summed E-state index contributed by atoms with van der Waals surface area (Å²) in [4.78, 5) is 0.959. The average Bonchev–Trinajstić information content (AvgIpc) is 1.82. The Bertz CT molecular complexity index is 175. The van der Waals surface area contributed by atoms with Crippen LogP contribution in [-0.4, -0.2) is 36.6 Å². The van der Waals surface area contributed by atoms with Gasteiger partial charge < -0.3 is 0 Å². The Hall–Kier alpha value is -0.470. The first-order valence-electron chi connectivity index (χ1n) is 3.14. The van der Waals surface area contributed by atoms with Crippen LogP contribution >= 0.6 is 11.6 Å². The molecule has 0 bridgehead atoms. The van der Waals surface area contributed by atoms with Crippen LogP contribution in [0.1, 0.15) is 0 Å². The summed E-state index contributed by atoms with van der Waals surface area (Å²) < 4.78 is 35.1. The Balaban J connectivity index is 3.76. The van der Waals surface area contributed by atoms with E-state index in [-0.39, 0.29) is 6.54 Å². The van der Waals surface area contributed by atoms with E-state index in [0.29, 0.717) is 0 Å². The van der Waals surface area contributed by atoms with Crippen LogP contribution in [0.4, 0.5) is 13.2 Å². The Morgan fingerprint density at radius 1 is 1.58 bits per heavy atom. The SMILES string of the molecule is CN(CC(Cl)C#N)CC(F)(F)F. The number of nitrogens with zero attached hydrogens (tertiary/aromatic N) is 2. The lowest BCUT2D eigenvalue weighted by Crippen LogP contribution is -2.34. The summed E-state index contributed by atoms with van der Waals surface area (Å²) in [5.41, 5.74) is 0. The minimum Gasteiger partial charge on any atom is -0.296 e. The Morgan fingerprint density at radius 2 is 2.08 bits per heavy atom. The van der Waals surface area contributed by atoms with Crippen molar-refractivity contribution >= 4 is 11.6 Å². The molecule has 12 heavy (non-hydrogen) atoms. The molecule has 2 nitrogen and oxygen atoms in total. The molecule has 0 heterocycles. The van der Waals surface area contributed by atoms with Gasteiger partial charge in [0.1, 0.15) is 5.38 Å². The summed E-state index contributed by atoms with van der Waals surface area (Å²) in [6.45, 7) is -1.13. The first kappa shape index (κ1) is 11.5. The lowest BCUT2D eigenvalue weighted by Gasteiger charge is -2.18. The normalized spacial score (nSPS) is 14.4. The summed E-state index contributed by atoms with van der Waals surface area (Å²) in [6, 6.07) is 1.64. The maximum absolute atomic E-state index is 11.7. The van der Waals surface area contributed by atoms with E-state index in [1.54, 1.807) is 6.07 Å². The fraction of sp³-hybridized carbons (Fsp3) is 0.833. The van der Waals surface area contributed by atoms with E-state index in [1.165, 1.54) is 7.05 Å². The van der Waals surface area contributed by atoms with Crippen LogP contribution < -0.4 is 0 Å². The molecule has 0 radical (unpaired) electrons. The topological polar surface area (TPSA) is 27.0 Å². The molecule has 0 aromatic rings. The van der Waals surface area contributed by atoms with Crippen LogP contribution in [0.2, 0.25) is 0 Å². The Morgan fingerprint density at radius 3 is 2.42 bits per heavy atom. The van der Waals surface area contributed by atoms with Crippen LogP contribution in [0.15, 0.2) is 0 Å². The van der Waals surface area contributed by atoms with E-state index in [9.17, 15) is 13.2 Å². The Kier molecular flexibility index (Phi) is 4.35. The monoisotopic (exact) mass is 200 g/mol. The highest BCUT2D eigenvalue weighted by Crippen LogP contribution is 2.15. The van der Waals surface area contributed by atoms with Crippen molar-refractivity contribution in [2.75, 3.05) is 20.1 Å². The highest BCUT2D eigenvalue weighted by atomic mass is 35.5. The molecular formula is C6H8ClF3N2. The summed E-state index contributed by atoms with van der Waals surface area (Å²) in [5.74, 6) is 0. The summed E-state index contributed by atoms with van der Waals surface area (Å²) >= 11 is 5.32. The second kappa shape index (κ2) is 4.53. The molecule has 0 rings (SSSR count). The van der Waals surface area contributed by atoms with Gasteiger partial charge in [0.15, 0.2) is 0 Å². The zero-order valence-corrected chi connectivity index (χ0v) is 7.15. The summed E-state index contributed by atoms with van der Waals surface area (Å²) in [5, 5.41) is 7.30. The molecule has 0 saturated heterocycles. The zero-order chi connectivity index (χ0) is 9.78. The van der Waals surface area contributed by atoms with Crippen LogP contribution in [0, 0.1) is 11.3 Å². The van der Waals surface area contributed by atoms with E-state index in [1.807, 2.05) is 0 Å². The predicted octanol–water partition coefficient (Wildman–Crippen LogP) is 1.61. The molecule has 0 saturated carbocycles. The lowest BCUT2D eigenvalue weighted by atomic mass is 10.4. The summed E-state index contributed by atoms with van der Waals surface area (Å²) in [7, 11) is 1.26. The molecule has 0 aromatic carbocycles. The van der Waals surface area contributed by atoms with E-state index >= 15 is 0 Å². The van der Waals surface area contributed by atoms with Crippen LogP contribution in [0.5, 0.6) is 0 Å². The van der Waals surface area contributed by atoms with Gasteiger partial charge in [-0.3, -0.25) is 4.90 Å². The molecule has 70 valence electrons. The smallest absolute Gasteiger partial charge is 0.296 e. The minimum absolute atomic E-state index is 0.0857. The number of hydrogen-bond donors (Lipinski definition) is 0. The molecule has 6 heteroatoms. The van der Waals surface area contributed by atoms with Crippen molar-refractivity contribution in [2.45, 2.75) is 11.6 Å². The number of nitriles is 1. The third-order valence-electron chi connectivity index (χ3n) is 1.06. The van der Waals surface area contributed by atoms with Crippen molar-refractivity contribution < 1.29 is 13.2 Å². The zero-order valence-electron chi connectivity index (χ0n) is 6.40. The van der Waals surface area contributed by atoms with Crippen molar-refractivity contribution in [3.63, 3.8) is 0 Å². The highest BCUT2D eigenvalue weighted by Gasteiger charge is 2.29. The fourth-order valence-electron chi connectivity index (χ4n) is 0.685. The van der Waals surface area contributed by atoms with E-state index in [2.05, 4.69) is 0 Å². The quantitative estimate of drug-likeness (QED) is 0.648. The standard InChI is InChI=1S/C6H8ClF3N2/c1-12(3-5(7)2-11)4-6(8,9)10/h5H,3-4H2,1H3. The Labute approximate surface area is 73.5 Å². The third-order valence-corrected chi connectivity index (χ3v) is 1.30. The van der Waals surface area contributed by atoms with Crippen LogP contribution in [0.25, 0.3) is 0 Å². The average molecular weight is 201 g/mol. The van der Waals surface area contributed by atoms with E-state index in [4.69, 9.17) is 16.9 Å². The number of halogens is 4. The van der Waals surface area contributed by atoms with Gasteiger partial charge in [-0.25, -0.2) is 0 Å². The second-order valence-electron chi connectivity index (χ2n) is 2.41. The lowest BCUT2D eigenvalue weighted by molar-refractivity contribution is -0.142. The summed E-state index contributed by atoms with van der Waals surface area (Å²) in [6.07, 6.45) is -4.24. The molecule has 0 fully saturated rings. The van der Waals surface area contributed by atoms with Gasteiger partial charge in [-0.05, 0) is 7.05 Å². The third kappa shape index (κ3) is 6.25. The van der Waals surface area contributed by atoms with Crippen molar-refractivity contribution in [2.24, 2.45) is 0 Å². The maximum Gasteiger partial charge on any atom is 0.401 e. The largest absolute Gasteiger partial charge is 0.401 e. The molecule has 1 unspecified atom stereocenters. The van der Waals surface area contributed by atoms with Gasteiger partial charge in [-0.2, -0.15) is 18.4 Å². The van der Waals surface area contributed by atoms with Gasteiger partial charge >= 0.3 is 6.18 Å². The molecule has 0 aliphatic carbocycles. The first-order chi connectivity index (χ1) is 5.35. The van der Waals surface area contributed by atoms with Crippen molar-refractivity contribution in [3.05, 3.63) is 0 Å². The van der Waals surface area contributed by atoms with E-state index < -0.39 is 18.1 Å². The maximum atomic E-state index is 11.7. The molecule has 0 aromatic heterocycles. The number of rotatable bonds is 3. The molecular weight excluding hydrogens is 193 g/mol. The van der Waals surface area contributed by atoms with Crippen molar-refractivity contribution in [1.82, 2.24) is 4.90 Å². The van der Waals surface area contributed by atoms with Crippen LogP contribution in [0.3, 0.4) is 0 Å². The fourth-order valence-corrected chi connectivity index (χ4v) is 0.921. The van der Waals surface area contributed by atoms with Gasteiger partial charge in [0, 0.05) is 6.54 Å². The molecule has 0 N–H and O–H groups in total. The number of alkyl halides is 4. The van der Waals surface area contributed by atoms with Gasteiger partial charge in [0.25, 0.3) is 0 Å². The minimum atomic E-state index is -4.24. The van der Waals surface area contributed by atoms with Crippen molar-refractivity contribution in [3.8, 4) is 6.07 Å². The van der Waals surface area contributed by atoms with Gasteiger partial charge in [0.2, 0.25) is 0 Å². The molecule has 0 spiro atoms.